The Morgan fingerprint density at radius 1 is 1.24 bits per heavy atom. The van der Waals surface area contributed by atoms with E-state index in [1.165, 1.54) is 4.90 Å². The summed E-state index contributed by atoms with van der Waals surface area (Å²) in [5.41, 5.74) is 1.93. The van der Waals surface area contributed by atoms with Crippen molar-refractivity contribution in [3.05, 3.63) is 48.2 Å². The van der Waals surface area contributed by atoms with E-state index in [0.29, 0.717) is 17.7 Å². The van der Waals surface area contributed by atoms with Crippen molar-refractivity contribution in [2.45, 2.75) is 31.1 Å². The number of carbonyl (C=O) groups excluding carboxylic acids is 3. The number of carbonyl (C=O) groups is 3. The number of nitrogens with one attached hydrogen (secondary N) is 1. The molecule has 3 heterocycles. The molecule has 2 aromatic rings. The largest absolute Gasteiger partial charge is 0.295 e. The molecule has 1 saturated heterocycles. The first kappa shape index (κ1) is 17.7. The van der Waals surface area contributed by atoms with Gasteiger partial charge >= 0.3 is 0 Å². The third-order valence-corrected chi connectivity index (χ3v) is 5.47. The summed E-state index contributed by atoms with van der Waals surface area (Å²) in [6, 6.07) is 8.64. The second-order valence-corrected chi connectivity index (χ2v) is 7.78. The number of benzene rings is 2. The molecular weight excluding hydrogens is 367 g/mol. The standard InChI is InChI=1S/C21H17BN4O3/c1-21(22)7-8-25(23-11-21)13-9-12-3-2-4-15-18(12)14(10-13)20(29)26(15)16-5-6-17(27)24-19(16)28/h2-4,7-11,16H,5-6H2,1H3,(H,24,27,28). The predicted molar refractivity (Wildman–Crippen MR) is 111 cm³/mol. The van der Waals surface area contributed by atoms with E-state index >= 15 is 0 Å². The number of piperidine rings is 1. The topological polar surface area (TPSA) is 82.1 Å². The van der Waals surface area contributed by atoms with E-state index in [9.17, 15) is 14.4 Å². The maximum Gasteiger partial charge on any atom is 0.259 e. The molecule has 3 aliphatic heterocycles. The molecule has 0 saturated carbocycles. The summed E-state index contributed by atoms with van der Waals surface area (Å²) in [6.07, 6.45) is 5.77. The van der Waals surface area contributed by atoms with E-state index < -0.39 is 17.3 Å². The Morgan fingerprint density at radius 3 is 2.79 bits per heavy atom. The molecule has 5 rings (SSSR count). The number of allylic oxidation sites excluding steroid dienone is 1. The van der Waals surface area contributed by atoms with Gasteiger partial charge in [0, 0.05) is 24.2 Å². The van der Waals surface area contributed by atoms with Crippen LogP contribution in [0, 0.1) is 0 Å². The van der Waals surface area contributed by atoms with Crippen molar-refractivity contribution < 1.29 is 14.4 Å². The van der Waals surface area contributed by atoms with Crippen LogP contribution in [-0.2, 0) is 9.59 Å². The number of amides is 3. The van der Waals surface area contributed by atoms with Crippen molar-refractivity contribution in [1.82, 2.24) is 5.32 Å². The van der Waals surface area contributed by atoms with Crippen molar-refractivity contribution in [2.24, 2.45) is 5.10 Å². The van der Waals surface area contributed by atoms with E-state index in [0.717, 1.165) is 16.5 Å². The second-order valence-electron chi connectivity index (χ2n) is 7.78. The van der Waals surface area contributed by atoms with Gasteiger partial charge in [-0.05, 0) is 35.3 Å². The van der Waals surface area contributed by atoms with E-state index in [1.54, 1.807) is 23.5 Å². The average Bonchev–Trinajstić information content (AvgIpc) is 2.95. The van der Waals surface area contributed by atoms with Gasteiger partial charge < -0.3 is 0 Å². The highest BCUT2D eigenvalue weighted by Crippen LogP contribution is 2.42. The minimum atomic E-state index is -0.701. The summed E-state index contributed by atoms with van der Waals surface area (Å²) < 4.78 is 0. The van der Waals surface area contributed by atoms with Crippen molar-refractivity contribution in [2.75, 3.05) is 9.91 Å². The summed E-state index contributed by atoms with van der Waals surface area (Å²) >= 11 is 0. The van der Waals surface area contributed by atoms with Crippen LogP contribution in [-0.4, -0.2) is 37.8 Å². The Hall–Kier alpha value is -3.42. The molecule has 0 aliphatic carbocycles. The second kappa shape index (κ2) is 6.04. The quantitative estimate of drug-likeness (QED) is 0.636. The first-order valence-corrected chi connectivity index (χ1v) is 9.41. The highest BCUT2D eigenvalue weighted by Gasteiger charge is 2.41. The van der Waals surface area contributed by atoms with Crippen LogP contribution in [0.25, 0.3) is 10.8 Å². The van der Waals surface area contributed by atoms with Crippen LogP contribution in [0.5, 0.6) is 0 Å². The average molecular weight is 384 g/mol. The molecular formula is C21H17BN4O3. The molecule has 7 nitrogen and oxygen atoms in total. The molecule has 29 heavy (non-hydrogen) atoms. The van der Waals surface area contributed by atoms with Crippen LogP contribution >= 0.6 is 0 Å². The van der Waals surface area contributed by atoms with Crippen molar-refractivity contribution in [1.29, 1.82) is 0 Å². The first-order valence-electron chi connectivity index (χ1n) is 9.41. The number of hydrogen-bond donors (Lipinski definition) is 1. The van der Waals surface area contributed by atoms with E-state index in [2.05, 4.69) is 10.4 Å². The molecule has 1 fully saturated rings. The minimum absolute atomic E-state index is 0.211. The van der Waals surface area contributed by atoms with Crippen molar-refractivity contribution in [3.8, 4) is 0 Å². The lowest BCUT2D eigenvalue weighted by Crippen LogP contribution is -2.53. The fraction of sp³-hybridized carbons (Fsp3) is 0.238. The smallest absolute Gasteiger partial charge is 0.259 e. The third-order valence-electron chi connectivity index (χ3n) is 5.47. The summed E-state index contributed by atoms with van der Waals surface area (Å²) in [5, 5.41) is 9.45. The van der Waals surface area contributed by atoms with Gasteiger partial charge in [-0.2, -0.15) is 5.10 Å². The lowest BCUT2D eigenvalue weighted by molar-refractivity contribution is -0.134. The lowest BCUT2D eigenvalue weighted by Gasteiger charge is -2.30. The van der Waals surface area contributed by atoms with Crippen LogP contribution < -0.4 is 15.2 Å². The fourth-order valence-electron chi connectivity index (χ4n) is 4.02. The van der Waals surface area contributed by atoms with E-state index in [4.69, 9.17) is 7.85 Å². The monoisotopic (exact) mass is 384 g/mol. The van der Waals surface area contributed by atoms with E-state index in [-0.39, 0.29) is 18.2 Å². The van der Waals surface area contributed by atoms with Gasteiger partial charge in [0.25, 0.3) is 5.91 Å². The molecule has 1 N–H and O–H groups in total. The van der Waals surface area contributed by atoms with Crippen LogP contribution in [0.4, 0.5) is 11.4 Å². The first-order chi connectivity index (χ1) is 13.8. The molecule has 2 radical (unpaired) electrons. The molecule has 2 aromatic carbocycles. The molecule has 2 unspecified atom stereocenters. The Morgan fingerprint density at radius 2 is 2.07 bits per heavy atom. The third kappa shape index (κ3) is 2.75. The van der Waals surface area contributed by atoms with Crippen LogP contribution in [0.2, 0.25) is 5.31 Å². The minimum Gasteiger partial charge on any atom is -0.295 e. The van der Waals surface area contributed by atoms with Crippen LogP contribution in [0.1, 0.15) is 30.1 Å². The molecule has 0 spiro atoms. The van der Waals surface area contributed by atoms with Gasteiger partial charge in [0.2, 0.25) is 11.8 Å². The number of rotatable bonds is 2. The Bertz CT molecular complexity index is 1140. The molecule has 3 amide bonds. The number of anilines is 2. The Balaban J connectivity index is 1.58. The van der Waals surface area contributed by atoms with Gasteiger partial charge in [0.15, 0.2) is 0 Å². The predicted octanol–water partition coefficient (Wildman–Crippen LogP) is 2.27. The van der Waals surface area contributed by atoms with E-state index in [1.807, 2.05) is 37.3 Å². The summed E-state index contributed by atoms with van der Waals surface area (Å²) in [5.74, 6) is -0.996. The maximum absolute atomic E-state index is 13.3. The molecule has 8 heteroatoms. The molecule has 2 atom stereocenters. The van der Waals surface area contributed by atoms with Gasteiger partial charge in [-0.3, -0.25) is 24.6 Å². The molecule has 0 bridgehead atoms. The zero-order valence-electron chi connectivity index (χ0n) is 15.8. The lowest BCUT2D eigenvalue weighted by atomic mass is 9.71. The summed E-state index contributed by atoms with van der Waals surface area (Å²) in [7, 11) is 6.03. The number of imide groups is 1. The summed E-state index contributed by atoms with van der Waals surface area (Å²) in [6.45, 7) is 1.85. The van der Waals surface area contributed by atoms with Gasteiger partial charge in [-0.25, -0.2) is 5.01 Å². The zero-order chi connectivity index (χ0) is 20.3. The fourth-order valence-corrected chi connectivity index (χ4v) is 4.02. The maximum atomic E-state index is 13.3. The zero-order valence-corrected chi connectivity index (χ0v) is 15.8. The Labute approximate surface area is 168 Å². The van der Waals surface area contributed by atoms with Gasteiger partial charge in [-0.15, -0.1) is 0 Å². The number of nitrogens with zero attached hydrogens (tertiary/aromatic N) is 3. The number of hydrogen-bond acceptors (Lipinski definition) is 5. The van der Waals surface area contributed by atoms with Gasteiger partial charge in [0.05, 0.1) is 24.8 Å². The van der Waals surface area contributed by atoms with Crippen molar-refractivity contribution >= 4 is 53.9 Å². The summed E-state index contributed by atoms with van der Waals surface area (Å²) in [4.78, 5) is 38.7. The highest BCUT2D eigenvalue weighted by molar-refractivity contribution is 6.28. The van der Waals surface area contributed by atoms with Gasteiger partial charge in [-0.1, -0.05) is 25.1 Å². The van der Waals surface area contributed by atoms with Crippen LogP contribution in [0.15, 0.2) is 47.7 Å². The van der Waals surface area contributed by atoms with Crippen LogP contribution in [0.3, 0.4) is 0 Å². The van der Waals surface area contributed by atoms with Gasteiger partial charge in [0.1, 0.15) is 6.04 Å². The highest BCUT2D eigenvalue weighted by atomic mass is 16.2. The number of hydrazone groups is 1. The normalized spacial score (nSPS) is 25.8. The SMILES string of the molecule is [B]C1(C)C=CN(c2cc3c4c(cccc4c2)N(C2CCC(=O)NC2=O)C3=O)N=C1. The molecule has 142 valence electrons. The van der Waals surface area contributed by atoms with Crippen molar-refractivity contribution in [3.63, 3.8) is 0 Å². The molecule has 0 aromatic heterocycles. The Kier molecular flexibility index (Phi) is 3.68. The molecule has 3 aliphatic rings.